The number of nitrogens with zero attached hydrogens (tertiary/aromatic N) is 2. The standard InChI is InChI=1S/C16H17FN2O2/c1-11-7-8-14(21-3)12(9-11)10-19(2)16(20)13-5-4-6-15(17)18-13/h4-9H,10H2,1-3H3. The van der Waals surface area contributed by atoms with Crippen molar-refractivity contribution in [2.45, 2.75) is 13.5 Å². The second-order valence-corrected chi connectivity index (χ2v) is 4.82. The summed E-state index contributed by atoms with van der Waals surface area (Å²) in [5.74, 6) is -0.284. The zero-order valence-corrected chi connectivity index (χ0v) is 12.3. The maximum absolute atomic E-state index is 13.1. The fourth-order valence-corrected chi connectivity index (χ4v) is 2.08. The SMILES string of the molecule is COc1ccc(C)cc1CN(C)C(=O)c1cccc(F)n1. The highest BCUT2D eigenvalue weighted by Gasteiger charge is 2.16. The number of benzene rings is 1. The van der Waals surface area contributed by atoms with E-state index in [2.05, 4.69) is 4.98 Å². The second kappa shape index (κ2) is 6.35. The van der Waals surface area contributed by atoms with Gasteiger partial charge in [-0.2, -0.15) is 4.39 Å². The van der Waals surface area contributed by atoms with Crippen LogP contribution < -0.4 is 4.74 Å². The van der Waals surface area contributed by atoms with E-state index in [1.807, 2.05) is 25.1 Å². The Kier molecular flexibility index (Phi) is 4.52. The van der Waals surface area contributed by atoms with Gasteiger partial charge in [0.2, 0.25) is 5.95 Å². The Bertz CT molecular complexity index is 658. The largest absolute Gasteiger partial charge is 0.496 e. The lowest BCUT2D eigenvalue weighted by Gasteiger charge is -2.19. The number of carbonyl (C=O) groups excluding carboxylic acids is 1. The van der Waals surface area contributed by atoms with Crippen LogP contribution >= 0.6 is 0 Å². The van der Waals surface area contributed by atoms with Gasteiger partial charge < -0.3 is 9.64 Å². The number of pyridine rings is 1. The van der Waals surface area contributed by atoms with E-state index in [0.29, 0.717) is 12.3 Å². The van der Waals surface area contributed by atoms with Crippen molar-refractivity contribution in [1.82, 2.24) is 9.88 Å². The molecule has 21 heavy (non-hydrogen) atoms. The lowest BCUT2D eigenvalue weighted by molar-refractivity contribution is 0.0777. The van der Waals surface area contributed by atoms with Gasteiger partial charge in [0, 0.05) is 19.2 Å². The molecule has 2 aromatic rings. The third kappa shape index (κ3) is 3.56. The summed E-state index contributed by atoms with van der Waals surface area (Å²) < 4.78 is 18.4. The molecule has 2 rings (SSSR count). The zero-order valence-electron chi connectivity index (χ0n) is 12.3. The molecule has 0 saturated carbocycles. The number of hydrogen-bond donors (Lipinski definition) is 0. The first kappa shape index (κ1) is 15.0. The minimum absolute atomic E-state index is 0.0871. The van der Waals surface area contributed by atoms with E-state index in [4.69, 9.17) is 4.74 Å². The van der Waals surface area contributed by atoms with Gasteiger partial charge >= 0.3 is 0 Å². The molecule has 0 N–H and O–H groups in total. The highest BCUT2D eigenvalue weighted by Crippen LogP contribution is 2.21. The van der Waals surface area contributed by atoms with Crippen LogP contribution in [0.5, 0.6) is 5.75 Å². The topological polar surface area (TPSA) is 42.4 Å². The van der Waals surface area contributed by atoms with Gasteiger partial charge in [0.15, 0.2) is 0 Å². The molecule has 0 atom stereocenters. The van der Waals surface area contributed by atoms with Crippen LogP contribution in [0.2, 0.25) is 0 Å². The van der Waals surface area contributed by atoms with Crippen LogP contribution in [0.1, 0.15) is 21.6 Å². The molecule has 0 spiro atoms. The molecule has 0 bridgehead atoms. The van der Waals surface area contributed by atoms with Gasteiger partial charge in [0.05, 0.1) is 7.11 Å². The van der Waals surface area contributed by atoms with Crippen LogP contribution in [-0.4, -0.2) is 29.9 Å². The molecule has 1 aromatic heterocycles. The molecule has 0 aliphatic heterocycles. The summed E-state index contributed by atoms with van der Waals surface area (Å²) >= 11 is 0. The predicted molar refractivity (Wildman–Crippen MR) is 77.7 cm³/mol. The van der Waals surface area contributed by atoms with Crippen LogP contribution in [0.3, 0.4) is 0 Å². The number of aryl methyl sites for hydroxylation is 1. The van der Waals surface area contributed by atoms with Crippen molar-refractivity contribution in [2.75, 3.05) is 14.2 Å². The summed E-state index contributed by atoms with van der Waals surface area (Å²) in [5, 5.41) is 0. The van der Waals surface area contributed by atoms with Crippen molar-refractivity contribution < 1.29 is 13.9 Å². The number of methoxy groups -OCH3 is 1. The maximum atomic E-state index is 13.1. The van der Waals surface area contributed by atoms with Gasteiger partial charge in [-0.15, -0.1) is 0 Å². The van der Waals surface area contributed by atoms with Crippen LogP contribution in [0.4, 0.5) is 4.39 Å². The fraction of sp³-hybridized carbons (Fsp3) is 0.250. The zero-order chi connectivity index (χ0) is 15.4. The summed E-state index contributed by atoms with van der Waals surface area (Å²) in [5.41, 5.74) is 2.06. The number of carbonyl (C=O) groups is 1. The van der Waals surface area contributed by atoms with Crippen molar-refractivity contribution in [3.8, 4) is 5.75 Å². The number of ether oxygens (including phenoxy) is 1. The quantitative estimate of drug-likeness (QED) is 0.812. The molecular formula is C16H17FN2O2. The van der Waals surface area contributed by atoms with Gasteiger partial charge in [-0.3, -0.25) is 4.79 Å². The van der Waals surface area contributed by atoms with E-state index in [1.54, 1.807) is 14.2 Å². The Balaban J connectivity index is 2.19. The first-order chi connectivity index (χ1) is 10.0. The average molecular weight is 288 g/mol. The predicted octanol–water partition coefficient (Wildman–Crippen LogP) is 2.81. The van der Waals surface area contributed by atoms with Gasteiger partial charge in [0.25, 0.3) is 5.91 Å². The monoisotopic (exact) mass is 288 g/mol. The molecule has 110 valence electrons. The number of halogens is 1. The van der Waals surface area contributed by atoms with E-state index >= 15 is 0 Å². The molecule has 0 unspecified atom stereocenters. The maximum Gasteiger partial charge on any atom is 0.272 e. The third-order valence-electron chi connectivity index (χ3n) is 3.12. The minimum Gasteiger partial charge on any atom is -0.496 e. The van der Waals surface area contributed by atoms with E-state index in [0.717, 1.165) is 11.1 Å². The van der Waals surface area contributed by atoms with E-state index < -0.39 is 5.95 Å². The van der Waals surface area contributed by atoms with Crippen molar-refractivity contribution in [1.29, 1.82) is 0 Å². The van der Waals surface area contributed by atoms with Crippen LogP contribution in [-0.2, 0) is 6.54 Å². The lowest BCUT2D eigenvalue weighted by atomic mass is 10.1. The number of amides is 1. The molecule has 0 fully saturated rings. The van der Waals surface area contributed by atoms with Crippen molar-refractivity contribution >= 4 is 5.91 Å². The van der Waals surface area contributed by atoms with E-state index in [-0.39, 0.29) is 11.6 Å². The van der Waals surface area contributed by atoms with Crippen LogP contribution in [0.15, 0.2) is 36.4 Å². The van der Waals surface area contributed by atoms with Crippen LogP contribution in [0.25, 0.3) is 0 Å². The molecule has 0 saturated heterocycles. The highest BCUT2D eigenvalue weighted by molar-refractivity contribution is 5.92. The Morgan fingerprint density at radius 2 is 2.10 bits per heavy atom. The lowest BCUT2D eigenvalue weighted by Crippen LogP contribution is -2.27. The normalized spacial score (nSPS) is 10.3. The number of rotatable bonds is 4. The number of aromatic nitrogens is 1. The van der Waals surface area contributed by atoms with E-state index in [1.165, 1.54) is 23.1 Å². The fourth-order valence-electron chi connectivity index (χ4n) is 2.08. The molecule has 0 aliphatic rings. The second-order valence-electron chi connectivity index (χ2n) is 4.82. The Labute approximate surface area is 123 Å². The molecule has 5 heteroatoms. The first-order valence-corrected chi connectivity index (χ1v) is 6.53. The van der Waals surface area contributed by atoms with Gasteiger partial charge in [-0.1, -0.05) is 23.8 Å². The molecule has 1 heterocycles. The molecule has 4 nitrogen and oxygen atoms in total. The summed E-state index contributed by atoms with van der Waals surface area (Å²) in [6.07, 6.45) is 0. The van der Waals surface area contributed by atoms with Gasteiger partial charge in [-0.25, -0.2) is 4.98 Å². The smallest absolute Gasteiger partial charge is 0.272 e. The molecule has 0 aliphatic carbocycles. The Hall–Kier alpha value is -2.43. The third-order valence-corrected chi connectivity index (χ3v) is 3.12. The summed E-state index contributed by atoms with van der Waals surface area (Å²) in [6.45, 7) is 2.33. The van der Waals surface area contributed by atoms with Crippen molar-refractivity contribution in [2.24, 2.45) is 0 Å². The average Bonchev–Trinajstić information content (AvgIpc) is 2.46. The molecular weight excluding hydrogens is 271 g/mol. The molecule has 1 aromatic carbocycles. The Morgan fingerprint density at radius 1 is 1.33 bits per heavy atom. The first-order valence-electron chi connectivity index (χ1n) is 6.53. The Morgan fingerprint density at radius 3 is 2.76 bits per heavy atom. The summed E-state index contributed by atoms with van der Waals surface area (Å²) in [6, 6.07) is 9.94. The number of hydrogen-bond acceptors (Lipinski definition) is 3. The van der Waals surface area contributed by atoms with Crippen molar-refractivity contribution in [3.63, 3.8) is 0 Å². The highest BCUT2D eigenvalue weighted by atomic mass is 19.1. The molecule has 1 amide bonds. The van der Waals surface area contributed by atoms with Crippen molar-refractivity contribution in [3.05, 3.63) is 59.2 Å². The van der Waals surface area contributed by atoms with E-state index in [9.17, 15) is 9.18 Å². The summed E-state index contributed by atoms with van der Waals surface area (Å²) in [7, 11) is 3.24. The van der Waals surface area contributed by atoms with Gasteiger partial charge in [0.1, 0.15) is 11.4 Å². The van der Waals surface area contributed by atoms with Crippen LogP contribution in [0, 0.1) is 12.9 Å². The minimum atomic E-state index is -0.664. The summed E-state index contributed by atoms with van der Waals surface area (Å²) in [4.78, 5) is 17.3. The van der Waals surface area contributed by atoms with Gasteiger partial charge in [-0.05, 0) is 25.1 Å². The molecule has 0 radical (unpaired) electrons.